The van der Waals surface area contributed by atoms with Gasteiger partial charge in [-0.15, -0.1) is 0 Å². The first-order valence-electron chi connectivity index (χ1n) is 6.75. The van der Waals surface area contributed by atoms with Crippen LogP contribution in [0.25, 0.3) is 0 Å². The van der Waals surface area contributed by atoms with Gasteiger partial charge in [0.1, 0.15) is 12.0 Å². The van der Waals surface area contributed by atoms with E-state index >= 15 is 0 Å². The van der Waals surface area contributed by atoms with Crippen LogP contribution in [0.5, 0.6) is 11.5 Å². The Morgan fingerprint density at radius 1 is 1.14 bits per heavy atom. The Morgan fingerprint density at radius 3 is 2.62 bits per heavy atom. The summed E-state index contributed by atoms with van der Waals surface area (Å²) in [4.78, 5) is 0. The van der Waals surface area contributed by atoms with Crippen molar-refractivity contribution >= 4 is 47.5 Å². The lowest BCUT2D eigenvalue weighted by molar-refractivity contribution is -0.293. The van der Waals surface area contributed by atoms with Crippen LogP contribution >= 0.6 is 31.5 Å². The smallest absolute Gasteiger partial charge is 0.581 e. The summed E-state index contributed by atoms with van der Waals surface area (Å²) in [6.45, 7) is 2.60. The molecule has 0 N–H and O–H groups in total. The van der Waals surface area contributed by atoms with Crippen molar-refractivity contribution in [3.05, 3.63) is 54.1 Å². The molecule has 108 valence electrons. The molecule has 1 aliphatic rings. The Balaban J connectivity index is 2.06. The molecule has 0 radical (unpaired) electrons. The van der Waals surface area contributed by atoms with Gasteiger partial charge in [0, 0.05) is 18.2 Å². The van der Waals surface area contributed by atoms with Gasteiger partial charge in [-0.3, -0.25) is 0 Å². The van der Waals surface area contributed by atoms with E-state index in [1.165, 1.54) is 0 Å². The molecule has 0 fully saturated rings. The number of hydrogen-bond acceptors (Lipinski definition) is 2. The van der Waals surface area contributed by atoms with E-state index in [0.717, 1.165) is 22.7 Å². The molecule has 6 heteroatoms. The lowest BCUT2D eigenvalue weighted by Gasteiger charge is -2.33. The van der Waals surface area contributed by atoms with Gasteiger partial charge < -0.3 is 13.9 Å². The molecular weight excluding hydrogens is 397 g/mol. The molecule has 3 nitrogen and oxygen atoms in total. The number of halogens is 2. The molecule has 0 aromatic heterocycles. The van der Waals surface area contributed by atoms with E-state index in [1.54, 1.807) is 0 Å². The van der Waals surface area contributed by atoms with Gasteiger partial charge in [-0.1, -0.05) is 18.2 Å². The van der Waals surface area contributed by atoms with Crippen molar-refractivity contribution in [2.75, 3.05) is 6.61 Å². The van der Waals surface area contributed by atoms with Crippen LogP contribution in [-0.2, 0) is 0 Å². The van der Waals surface area contributed by atoms with Crippen molar-refractivity contribution in [1.29, 1.82) is 0 Å². The molecule has 0 aliphatic carbocycles. The van der Waals surface area contributed by atoms with Gasteiger partial charge in [-0.05, 0) is 19.1 Å². The van der Waals surface area contributed by atoms with Crippen LogP contribution in [0.1, 0.15) is 12.5 Å². The average molecular weight is 411 g/mol. The van der Waals surface area contributed by atoms with Gasteiger partial charge in [-0.25, -0.2) is 0 Å². The van der Waals surface area contributed by atoms with Gasteiger partial charge in [0.2, 0.25) is 0 Å². The van der Waals surface area contributed by atoms with Crippen LogP contribution in [0.4, 0.5) is 5.69 Å². The van der Waals surface area contributed by atoms with Crippen molar-refractivity contribution in [2.24, 2.45) is 0 Å². The van der Waals surface area contributed by atoms with E-state index < -0.39 is 4.13 Å². The molecule has 0 saturated carbocycles. The maximum atomic E-state index is 6.08. The molecule has 0 atom stereocenters. The van der Waals surface area contributed by atoms with Crippen molar-refractivity contribution in [2.45, 2.75) is 6.92 Å². The summed E-state index contributed by atoms with van der Waals surface area (Å²) in [5.74, 6) is 1.60. The minimum Gasteiger partial charge on any atom is -0.640 e. The SMILES string of the molecule is CCOc1ccc2c(c1)O[B-](Br)(Br)[N+](c1ccccc1)=C2. The zero-order valence-electron chi connectivity index (χ0n) is 11.5. The average Bonchev–Trinajstić information content (AvgIpc) is 2.47. The molecule has 0 unspecified atom stereocenters. The van der Waals surface area contributed by atoms with Crippen molar-refractivity contribution < 1.29 is 13.9 Å². The third-order valence-corrected chi connectivity index (χ3v) is 4.48. The molecule has 1 heterocycles. The topological polar surface area (TPSA) is 21.5 Å². The second-order valence-electron chi connectivity index (χ2n) is 4.68. The fourth-order valence-corrected chi connectivity index (χ4v) is 3.39. The van der Waals surface area contributed by atoms with E-state index in [2.05, 4.69) is 37.7 Å². The summed E-state index contributed by atoms with van der Waals surface area (Å²) < 4.78 is 12.1. The fourth-order valence-electron chi connectivity index (χ4n) is 2.27. The van der Waals surface area contributed by atoms with Crippen LogP contribution in [-0.4, -0.2) is 21.4 Å². The zero-order valence-corrected chi connectivity index (χ0v) is 14.7. The summed E-state index contributed by atoms with van der Waals surface area (Å²) in [5, 5.41) is 0. The number of rotatable bonds is 3. The number of ether oxygens (including phenoxy) is 1. The van der Waals surface area contributed by atoms with Crippen molar-refractivity contribution in [3.63, 3.8) is 0 Å². The quantitative estimate of drug-likeness (QED) is 0.696. The molecule has 0 saturated heterocycles. The first kappa shape index (κ1) is 14.7. The van der Waals surface area contributed by atoms with E-state index in [-0.39, 0.29) is 0 Å². The summed E-state index contributed by atoms with van der Waals surface area (Å²) >= 11 is 7.28. The molecule has 3 rings (SSSR count). The first-order chi connectivity index (χ1) is 10.1. The third-order valence-electron chi connectivity index (χ3n) is 3.22. The lowest BCUT2D eigenvalue weighted by atomic mass is 10.1. The fraction of sp³-hybridized carbons (Fsp3) is 0.133. The van der Waals surface area contributed by atoms with Crippen LogP contribution in [0, 0.1) is 0 Å². The lowest BCUT2D eigenvalue weighted by Crippen LogP contribution is -2.43. The highest BCUT2D eigenvalue weighted by Gasteiger charge is 2.40. The highest BCUT2D eigenvalue weighted by atomic mass is 79.9. The number of fused-ring (bicyclic) bond motifs is 1. The number of benzene rings is 2. The largest absolute Gasteiger partial charge is 0.640 e. The predicted octanol–water partition coefficient (Wildman–Crippen LogP) is 4.47. The highest BCUT2D eigenvalue weighted by molar-refractivity contribution is 9.50. The van der Waals surface area contributed by atoms with Crippen LogP contribution in [0.15, 0.2) is 48.5 Å². The minimum atomic E-state index is -1.54. The second-order valence-corrected chi connectivity index (χ2v) is 8.39. The van der Waals surface area contributed by atoms with Gasteiger partial charge in [0.25, 0.3) is 0 Å². The molecule has 0 bridgehead atoms. The van der Waals surface area contributed by atoms with E-state index in [0.29, 0.717) is 6.61 Å². The number of para-hydroxylation sites is 1. The zero-order chi connectivity index (χ0) is 14.9. The molecule has 0 amide bonds. The summed E-state index contributed by atoms with van der Waals surface area (Å²) in [6.07, 6.45) is 2.06. The Morgan fingerprint density at radius 2 is 1.90 bits per heavy atom. The summed E-state index contributed by atoms with van der Waals surface area (Å²) in [5.41, 5.74) is 2.06. The molecule has 21 heavy (non-hydrogen) atoms. The maximum absolute atomic E-state index is 6.08. The Kier molecular flexibility index (Phi) is 4.09. The Labute approximate surface area is 140 Å². The minimum absolute atomic E-state index is 0.636. The van der Waals surface area contributed by atoms with Crippen LogP contribution in [0.3, 0.4) is 0 Å². The van der Waals surface area contributed by atoms with E-state index in [1.807, 2.05) is 59.9 Å². The van der Waals surface area contributed by atoms with Crippen molar-refractivity contribution in [1.82, 2.24) is 0 Å². The monoisotopic (exact) mass is 409 g/mol. The number of hydrogen-bond donors (Lipinski definition) is 0. The molecule has 0 spiro atoms. The molecular formula is C15H14BBr2NO2. The third kappa shape index (κ3) is 3.01. The predicted molar refractivity (Wildman–Crippen MR) is 93.4 cm³/mol. The highest BCUT2D eigenvalue weighted by Crippen LogP contribution is 2.37. The molecule has 2 aromatic carbocycles. The Bertz CT molecular complexity index is 689. The van der Waals surface area contributed by atoms with Gasteiger partial charge in [-0.2, -0.15) is 31.5 Å². The van der Waals surface area contributed by atoms with Crippen molar-refractivity contribution in [3.8, 4) is 11.5 Å². The maximum Gasteiger partial charge on any atom is 0.581 e. The summed E-state index contributed by atoms with van der Waals surface area (Å²) in [6, 6.07) is 15.9. The molecule has 2 aromatic rings. The van der Waals surface area contributed by atoms with Gasteiger partial charge in [0.05, 0.1) is 17.9 Å². The second kappa shape index (κ2) is 5.85. The van der Waals surface area contributed by atoms with Gasteiger partial charge in [0.15, 0.2) is 5.69 Å². The van der Waals surface area contributed by atoms with E-state index in [9.17, 15) is 0 Å². The Hall–Kier alpha value is -1.27. The van der Waals surface area contributed by atoms with Crippen LogP contribution in [0.2, 0.25) is 0 Å². The summed E-state index contributed by atoms with van der Waals surface area (Å²) in [7, 11) is 0. The van der Waals surface area contributed by atoms with Crippen LogP contribution < -0.4 is 9.39 Å². The van der Waals surface area contributed by atoms with Gasteiger partial charge >= 0.3 is 4.13 Å². The normalized spacial score (nSPS) is 15.7. The molecule has 1 aliphatic heterocycles. The standard InChI is InChI=1S/C15H14BBr2NO2/c1-2-20-14-9-8-12-11-19(13-6-4-3-5-7-13)16(17,18)21-15(12)10-14/h3-11H,2H2,1H3. The first-order valence-corrected chi connectivity index (χ1v) is 8.58. The van der Waals surface area contributed by atoms with E-state index in [4.69, 9.17) is 9.39 Å². The number of nitrogens with zero attached hydrogens (tertiary/aromatic N) is 1.